The molecule has 22 heavy (non-hydrogen) atoms. The van der Waals surface area contributed by atoms with Gasteiger partial charge in [-0.25, -0.2) is 4.98 Å². The first kappa shape index (κ1) is 14.4. The topological polar surface area (TPSA) is 41.6 Å². The minimum atomic E-state index is 0.649. The Morgan fingerprint density at radius 1 is 1.00 bits per heavy atom. The Morgan fingerprint density at radius 3 is 2.23 bits per heavy atom. The molecule has 0 atom stereocenters. The number of nitriles is 1. The maximum absolute atomic E-state index is 8.94. The van der Waals surface area contributed by atoms with Crippen molar-refractivity contribution < 1.29 is 0 Å². The van der Waals surface area contributed by atoms with Crippen LogP contribution in [0.4, 0.5) is 0 Å². The quantitative estimate of drug-likeness (QED) is 0.689. The first-order chi connectivity index (χ1) is 10.6. The molecule has 0 saturated carbocycles. The number of hydrogen-bond acceptors (Lipinski definition) is 2. The van der Waals surface area contributed by atoms with Gasteiger partial charge >= 0.3 is 0 Å². The molecule has 0 aliphatic heterocycles. The Hall–Kier alpha value is -2.57. The lowest BCUT2D eigenvalue weighted by Crippen LogP contribution is -1.99. The normalized spacial score (nSPS) is 10.5. The van der Waals surface area contributed by atoms with E-state index in [1.807, 2.05) is 62.4 Å². The molecule has 2 aromatic carbocycles. The summed E-state index contributed by atoms with van der Waals surface area (Å²) in [4.78, 5) is 4.59. The number of aryl methyl sites for hydroxylation is 2. The van der Waals surface area contributed by atoms with E-state index < -0.39 is 0 Å². The molecule has 3 aromatic rings. The molecule has 0 N–H and O–H groups in total. The van der Waals surface area contributed by atoms with E-state index >= 15 is 0 Å². The zero-order chi connectivity index (χ0) is 15.7. The molecule has 1 aromatic heterocycles. The molecule has 0 unspecified atom stereocenters. The highest BCUT2D eigenvalue weighted by Crippen LogP contribution is 2.29. The molecule has 0 saturated heterocycles. The number of hydrogen-bond donors (Lipinski definition) is 0. The number of benzene rings is 2. The second-order valence-electron chi connectivity index (χ2n) is 5.09. The maximum Gasteiger partial charge on any atom is 0.110 e. The summed E-state index contributed by atoms with van der Waals surface area (Å²) < 4.78 is 2.10. The van der Waals surface area contributed by atoms with Gasteiger partial charge in [-0.15, -0.1) is 0 Å². The summed E-state index contributed by atoms with van der Waals surface area (Å²) in [6.07, 6.45) is 0. The third-order valence-electron chi connectivity index (χ3n) is 3.59. The number of nitrogens with zero attached hydrogens (tertiary/aromatic N) is 3. The van der Waals surface area contributed by atoms with Gasteiger partial charge in [0.05, 0.1) is 23.0 Å². The van der Waals surface area contributed by atoms with Gasteiger partial charge in [-0.3, -0.25) is 4.57 Å². The van der Waals surface area contributed by atoms with Crippen LogP contribution in [-0.2, 0) is 0 Å². The summed E-state index contributed by atoms with van der Waals surface area (Å²) in [5.74, 6) is 0.916. The van der Waals surface area contributed by atoms with Crippen LogP contribution in [0.1, 0.15) is 17.1 Å². The van der Waals surface area contributed by atoms with Crippen LogP contribution < -0.4 is 0 Å². The van der Waals surface area contributed by atoms with Crippen LogP contribution in [-0.4, -0.2) is 9.55 Å². The number of aromatic nitrogens is 2. The fraction of sp³-hybridized carbons (Fsp3) is 0.111. The molecule has 1 heterocycles. The lowest BCUT2D eigenvalue weighted by atomic mass is 10.1. The van der Waals surface area contributed by atoms with Crippen molar-refractivity contribution in [1.82, 2.24) is 9.55 Å². The second kappa shape index (κ2) is 5.67. The van der Waals surface area contributed by atoms with E-state index in [2.05, 4.69) is 15.6 Å². The van der Waals surface area contributed by atoms with E-state index in [9.17, 15) is 0 Å². The lowest BCUT2D eigenvalue weighted by molar-refractivity contribution is 0.979. The average Bonchev–Trinajstić information content (AvgIpc) is 2.82. The Bertz CT molecular complexity index is 853. The average molecular weight is 308 g/mol. The molecule has 0 bridgehead atoms. The van der Waals surface area contributed by atoms with Gasteiger partial charge in [-0.1, -0.05) is 23.7 Å². The van der Waals surface area contributed by atoms with E-state index in [-0.39, 0.29) is 0 Å². The molecule has 0 fully saturated rings. The standard InChI is InChI=1S/C18H14ClN3/c1-12-18(15-5-3-14(11-20)4-6-15)22(13(2)21-12)17-9-7-16(19)8-10-17/h3-10H,1-2H3. The van der Waals surface area contributed by atoms with Crippen LogP contribution in [0.2, 0.25) is 5.02 Å². The molecule has 0 aliphatic rings. The third-order valence-corrected chi connectivity index (χ3v) is 3.84. The first-order valence-electron chi connectivity index (χ1n) is 6.92. The van der Waals surface area contributed by atoms with Gasteiger partial charge in [0.15, 0.2) is 0 Å². The van der Waals surface area contributed by atoms with Crippen LogP contribution >= 0.6 is 11.6 Å². The predicted molar refractivity (Wildman–Crippen MR) is 88.2 cm³/mol. The van der Waals surface area contributed by atoms with Gasteiger partial charge in [-0.2, -0.15) is 5.26 Å². The summed E-state index contributed by atoms with van der Waals surface area (Å²) in [6.45, 7) is 3.97. The van der Waals surface area contributed by atoms with Gasteiger partial charge in [0.2, 0.25) is 0 Å². The summed E-state index contributed by atoms with van der Waals surface area (Å²) in [5, 5.41) is 9.64. The monoisotopic (exact) mass is 307 g/mol. The van der Waals surface area contributed by atoms with E-state index in [0.717, 1.165) is 28.5 Å². The second-order valence-corrected chi connectivity index (χ2v) is 5.53. The molecule has 0 spiro atoms. The smallest absolute Gasteiger partial charge is 0.110 e. The molecular weight excluding hydrogens is 294 g/mol. The zero-order valence-corrected chi connectivity index (χ0v) is 13.1. The zero-order valence-electron chi connectivity index (χ0n) is 12.3. The molecule has 0 aliphatic carbocycles. The van der Waals surface area contributed by atoms with E-state index in [4.69, 9.17) is 16.9 Å². The van der Waals surface area contributed by atoms with Crippen LogP contribution in [0.3, 0.4) is 0 Å². The molecule has 108 valence electrons. The summed E-state index contributed by atoms with van der Waals surface area (Å²) in [7, 11) is 0. The van der Waals surface area contributed by atoms with Gasteiger partial charge in [0, 0.05) is 16.3 Å². The van der Waals surface area contributed by atoms with Crippen molar-refractivity contribution in [2.45, 2.75) is 13.8 Å². The fourth-order valence-electron chi connectivity index (χ4n) is 2.62. The molecule has 0 amide bonds. The van der Waals surface area contributed by atoms with Gasteiger partial charge in [0.25, 0.3) is 0 Å². The van der Waals surface area contributed by atoms with Crippen LogP contribution in [0.5, 0.6) is 0 Å². The molecule has 0 radical (unpaired) electrons. The highest BCUT2D eigenvalue weighted by Gasteiger charge is 2.15. The van der Waals surface area contributed by atoms with Crippen molar-refractivity contribution in [1.29, 1.82) is 5.26 Å². The van der Waals surface area contributed by atoms with Crippen LogP contribution in [0.25, 0.3) is 16.9 Å². The lowest BCUT2D eigenvalue weighted by Gasteiger charge is -2.11. The first-order valence-corrected chi connectivity index (χ1v) is 7.30. The predicted octanol–water partition coefficient (Wildman–Crippen LogP) is 4.68. The van der Waals surface area contributed by atoms with Crippen molar-refractivity contribution in [3.8, 4) is 23.0 Å². The highest BCUT2D eigenvalue weighted by molar-refractivity contribution is 6.30. The van der Waals surface area contributed by atoms with Crippen molar-refractivity contribution in [2.75, 3.05) is 0 Å². The summed E-state index contributed by atoms with van der Waals surface area (Å²) in [6, 6.07) is 17.4. The highest BCUT2D eigenvalue weighted by atomic mass is 35.5. The van der Waals surface area contributed by atoms with E-state index in [0.29, 0.717) is 10.6 Å². The largest absolute Gasteiger partial charge is 0.296 e. The molecule has 3 rings (SSSR count). The molecule has 4 heteroatoms. The third kappa shape index (κ3) is 2.49. The van der Waals surface area contributed by atoms with Gasteiger partial charge in [-0.05, 0) is 50.2 Å². The Morgan fingerprint density at radius 2 is 1.64 bits per heavy atom. The van der Waals surface area contributed by atoms with Gasteiger partial charge in [0.1, 0.15) is 5.82 Å². The Balaban J connectivity index is 2.19. The SMILES string of the molecule is Cc1nc(C)n(-c2ccc(Cl)cc2)c1-c1ccc(C#N)cc1. The maximum atomic E-state index is 8.94. The number of halogens is 1. The minimum absolute atomic E-state index is 0.649. The minimum Gasteiger partial charge on any atom is -0.296 e. The van der Waals surface area contributed by atoms with Crippen molar-refractivity contribution in [3.05, 3.63) is 70.6 Å². The Labute approximate surface area is 134 Å². The van der Waals surface area contributed by atoms with Crippen LogP contribution in [0.15, 0.2) is 48.5 Å². The van der Waals surface area contributed by atoms with Crippen molar-refractivity contribution in [2.24, 2.45) is 0 Å². The summed E-state index contributed by atoms with van der Waals surface area (Å²) in [5.41, 5.74) is 4.69. The van der Waals surface area contributed by atoms with Crippen molar-refractivity contribution in [3.63, 3.8) is 0 Å². The summed E-state index contributed by atoms with van der Waals surface area (Å²) >= 11 is 5.98. The fourth-order valence-corrected chi connectivity index (χ4v) is 2.74. The number of imidazole rings is 1. The van der Waals surface area contributed by atoms with Crippen LogP contribution in [0, 0.1) is 25.2 Å². The van der Waals surface area contributed by atoms with Gasteiger partial charge < -0.3 is 0 Å². The molecular formula is C18H14ClN3. The Kier molecular flexibility index (Phi) is 3.70. The molecule has 3 nitrogen and oxygen atoms in total. The number of rotatable bonds is 2. The van der Waals surface area contributed by atoms with Crippen molar-refractivity contribution >= 4 is 11.6 Å². The van der Waals surface area contributed by atoms with E-state index in [1.54, 1.807) is 0 Å². The van der Waals surface area contributed by atoms with E-state index in [1.165, 1.54) is 0 Å².